The molecule has 0 spiro atoms. The van der Waals surface area contributed by atoms with Crippen molar-refractivity contribution in [3.8, 4) is 0 Å². The summed E-state index contributed by atoms with van der Waals surface area (Å²) >= 11 is 0. The van der Waals surface area contributed by atoms with Crippen molar-refractivity contribution in [1.82, 2.24) is 10.2 Å². The molecule has 0 aliphatic carbocycles. The number of hydrogen-bond donors (Lipinski definition) is 2. The van der Waals surface area contributed by atoms with Crippen LogP contribution in [-0.2, 0) is 0 Å². The fourth-order valence-electron chi connectivity index (χ4n) is 1.81. The van der Waals surface area contributed by atoms with Gasteiger partial charge in [0.15, 0.2) is 5.82 Å². The third-order valence-corrected chi connectivity index (χ3v) is 2.99. The van der Waals surface area contributed by atoms with Crippen LogP contribution >= 0.6 is 0 Å². The van der Waals surface area contributed by atoms with Crippen LogP contribution in [0.3, 0.4) is 0 Å². The molecule has 5 heteroatoms. The predicted molar refractivity (Wildman–Crippen MR) is 84.5 cm³/mol. The highest BCUT2D eigenvalue weighted by molar-refractivity contribution is 6.04. The van der Waals surface area contributed by atoms with Gasteiger partial charge in [-0.05, 0) is 36.6 Å². The van der Waals surface area contributed by atoms with Gasteiger partial charge in [-0.15, -0.1) is 10.2 Å². The van der Waals surface area contributed by atoms with Gasteiger partial charge in [-0.2, -0.15) is 0 Å². The zero-order valence-electron chi connectivity index (χ0n) is 12.6. The molecule has 2 N–H and O–H groups in total. The molecule has 0 fully saturated rings. The third kappa shape index (κ3) is 4.27. The SMILES string of the molecule is Cc1ccccc1C(=O)Nc1ccc(NCC(C)C)nn1. The van der Waals surface area contributed by atoms with Crippen LogP contribution in [0.4, 0.5) is 11.6 Å². The van der Waals surface area contributed by atoms with Crippen molar-refractivity contribution in [2.75, 3.05) is 17.2 Å². The number of aryl methyl sites for hydroxylation is 1. The van der Waals surface area contributed by atoms with E-state index in [0.29, 0.717) is 23.1 Å². The van der Waals surface area contributed by atoms with Crippen molar-refractivity contribution in [1.29, 1.82) is 0 Å². The second-order valence-electron chi connectivity index (χ2n) is 5.35. The topological polar surface area (TPSA) is 66.9 Å². The first-order chi connectivity index (χ1) is 10.1. The third-order valence-electron chi connectivity index (χ3n) is 2.99. The highest BCUT2D eigenvalue weighted by Crippen LogP contribution is 2.11. The van der Waals surface area contributed by atoms with Gasteiger partial charge >= 0.3 is 0 Å². The molecule has 0 bridgehead atoms. The molecule has 1 heterocycles. The van der Waals surface area contributed by atoms with Crippen LogP contribution < -0.4 is 10.6 Å². The zero-order chi connectivity index (χ0) is 15.2. The Balaban J connectivity index is 2.00. The highest BCUT2D eigenvalue weighted by atomic mass is 16.1. The van der Waals surface area contributed by atoms with Gasteiger partial charge in [0.25, 0.3) is 5.91 Å². The number of nitrogens with zero attached hydrogens (tertiary/aromatic N) is 2. The Bertz CT molecular complexity index is 608. The van der Waals surface area contributed by atoms with E-state index in [1.165, 1.54) is 0 Å². The smallest absolute Gasteiger partial charge is 0.257 e. The quantitative estimate of drug-likeness (QED) is 0.885. The van der Waals surface area contributed by atoms with Gasteiger partial charge in [0.2, 0.25) is 0 Å². The lowest BCUT2D eigenvalue weighted by molar-refractivity contribution is 0.102. The van der Waals surface area contributed by atoms with Crippen molar-refractivity contribution in [3.63, 3.8) is 0 Å². The summed E-state index contributed by atoms with van der Waals surface area (Å²) in [7, 11) is 0. The van der Waals surface area contributed by atoms with Crippen molar-refractivity contribution in [2.45, 2.75) is 20.8 Å². The average Bonchev–Trinajstić information content (AvgIpc) is 2.47. The summed E-state index contributed by atoms with van der Waals surface area (Å²) < 4.78 is 0. The molecule has 21 heavy (non-hydrogen) atoms. The molecule has 0 aliphatic rings. The predicted octanol–water partition coefficient (Wildman–Crippen LogP) is 3.11. The second-order valence-corrected chi connectivity index (χ2v) is 5.35. The summed E-state index contributed by atoms with van der Waals surface area (Å²) in [5.41, 5.74) is 1.57. The molecular weight excluding hydrogens is 264 g/mol. The average molecular weight is 284 g/mol. The summed E-state index contributed by atoms with van der Waals surface area (Å²) in [5, 5.41) is 14.0. The number of carbonyl (C=O) groups excluding carboxylic acids is 1. The van der Waals surface area contributed by atoms with Gasteiger partial charge in [0.05, 0.1) is 0 Å². The lowest BCUT2D eigenvalue weighted by Crippen LogP contribution is -2.15. The van der Waals surface area contributed by atoms with Crippen LogP contribution in [0.15, 0.2) is 36.4 Å². The Morgan fingerprint density at radius 3 is 2.38 bits per heavy atom. The van der Waals surface area contributed by atoms with Crippen LogP contribution in [0.1, 0.15) is 29.8 Å². The van der Waals surface area contributed by atoms with Crippen LogP contribution in [0.5, 0.6) is 0 Å². The fourth-order valence-corrected chi connectivity index (χ4v) is 1.81. The second kappa shape index (κ2) is 6.83. The van der Waals surface area contributed by atoms with Gasteiger partial charge < -0.3 is 10.6 Å². The van der Waals surface area contributed by atoms with E-state index in [0.717, 1.165) is 12.1 Å². The number of nitrogens with one attached hydrogen (secondary N) is 2. The molecule has 2 rings (SSSR count). The van der Waals surface area contributed by atoms with E-state index < -0.39 is 0 Å². The van der Waals surface area contributed by atoms with E-state index in [-0.39, 0.29) is 5.91 Å². The van der Waals surface area contributed by atoms with Gasteiger partial charge in [-0.3, -0.25) is 4.79 Å². The maximum Gasteiger partial charge on any atom is 0.257 e. The molecule has 1 aromatic carbocycles. The summed E-state index contributed by atoms with van der Waals surface area (Å²) in [6.07, 6.45) is 0. The molecule has 110 valence electrons. The maximum absolute atomic E-state index is 12.1. The zero-order valence-corrected chi connectivity index (χ0v) is 12.6. The fraction of sp³-hybridized carbons (Fsp3) is 0.312. The summed E-state index contributed by atoms with van der Waals surface area (Å²) in [6.45, 7) is 6.98. The normalized spacial score (nSPS) is 10.5. The molecule has 0 atom stereocenters. The number of carbonyl (C=O) groups is 1. The van der Waals surface area contributed by atoms with E-state index in [1.807, 2.05) is 31.2 Å². The maximum atomic E-state index is 12.1. The number of aromatic nitrogens is 2. The number of amides is 1. The summed E-state index contributed by atoms with van der Waals surface area (Å²) in [6, 6.07) is 11.0. The van der Waals surface area contributed by atoms with Crippen molar-refractivity contribution in [2.24, 2.45) is 5.92 Å². The van der Waals surface area contributed by atoms with E-state index in [4.69, 9.17) is 0 Å². The van der Waals surface area contributed by atoms with Crippen LogP contribution in [-0.4, -0.2) is 22.6 Å². The van der Waals surface area contributed by atoms with E-state index in [2.05, 4.69) is 34.7 Å². The van der Waals surface area contributed by atoms with Gasteiger partial charge in [-0.1, -0.05) is 32.0 Å². The molecule has 0 saturated heterocycles. The van der Waals surface area contributed by atoms with Crippen LogP contribution in [0, 0.1) is 12.8 Å². The minimum Gasteiger partial charge on any atom is -0.368 e. The minimum atomic E-state index is -0.176. The van der Waals surface area contributed by atoms with Crippen LogP contribution in [0.25, 0.3) is 0 Å². The highest BCUT2D eigenvalue weighted by Gasteiger charge is 2.09. The minimum absolute atomic E-state index is 0.176. The van der Waals surface area contributed by atoms with Crippen molar-refractivity contribution >= 4 is 17.5 Å². The van der Waals surface area contributed by atoms with Crippen molar-refractivity contribution < 1.29 is 4.79 Å². The lowest BCUT2D eigenvalue weighted by Gasteiger charge is -2.09. The molecule has 2 aromatic rings. The summed E-state index contributed by atoms with van der Waals surface area (Å²) in [4.78, 5) is 12.1. The van der Waals surface area contributed by atoms with E-state index >= 15 is 0 Å². The number of hydrogen-bond acceptors (Lipinski definition) is 4. The Morgan fingerprint density at radius 1 is 1.10 bits per heavy atom. The molecular formula is C16H20N4O. The number of benzene rings is 1. The largest absolute Gasteiger partial charge is 0.368 e. The number of rotatable bonds is 5. The molecule has 0 saturated carbocycles. The molecule has 0 unspecified atom stereocenters. The molecule has 1 amide bonds. The number of anilines is 2. The first-order valence-corrected chi connectivity index (χ1v) is 7.01. The van der Waals surface area contributed by atoms with E-state index in [1.54, 1.807) is 12.1 Å². The molecule has 0 aliphatic heterocycles. The Kier molecular flexibility index (Phi) is 4.87. The Morgan fingerprint density at radius 2 is 1.76 bits per heavy atom. The molecule has 1 aromatic heterocycles. The van der Waals surface area contributed by atoms with Gasteiger partial charge in [0, 0.05) is 12.1 Å². The monoisotopic (exact) mass is 284 g/mol. The standard InChI is InChI=1S/C16H20N4O/c1-11(2)10-17-14-8-9-15(20-19-14)18-16(21)13-7-5-4-6-12(13)3/h4-9,11H,10H2,1-3H3,(H,17,19)(H,18,20,21). The Labute approximate surface area is 124 Å². The summed E-state index contributed by atoms with van der Waals surface area (Å²) in [5.74, 6) is 1.51. The van der Waals surface area contributed by atoms with Crippen LogP contribution in [0.2, 0.25) is 0 Å². The molecule has 0 radical (unpaired) electrons. The van der Waals surface area contributed by atoms with E-state index in [9.17, 15) is 4.79 Å². The van der Waals surface area contributed by atoms with Crippen molar-refractivity contribution in [3.05, 3.63) is 47.5 Å². The van der Waals surface area contributed by atoms with Gasteiger partial charge in [0.1, 0.15) is 5.82 Å². The van der Waals surface area contributed by atoms with Gasteiger partial charge in [-0.25, -0.2) is 0 Å². The first-order valence-electron chi connectivity index (χ1n) is 7.01. The molecule has 5 nitrogen and oxygen atoms in total. The Hall–Kier alpha value is -2.43. The first kappa shape index (κ1) is 15.0. The lowest BCUT2D eigenvalue weighted by atomic mass is 10.1.